The summed E-state index contributed by atoms with van der Waals surface area (Å²) < 4.78 is 17.7. The topological polar surface area (TPSA) is 38.3 Å². The first kappa shape index (κ1) is 12.3. The number of hydrogen-bond acceptors (Lipinski definition) is 2. The number of benzene rings is 1. The number of para-hydroxylation sites is 1. The molecule has 1 rings (SSSR count). The van der Waals surface area contributed by atoms with Gasteiger partial charge < -0.3 is 4.52 Å². The summed E-state index contributed by atoms with van der Waals surface area (Å²) in [7, 11) is -2.73. The van der Waals surface area contributed by atoms with Crippen molar-refractivity contribution in [2.24, 2.45) is 0 Å². The summed E-state index contributed by atoms with van der Waals surface area (Å²) in [6.45, 7) is 5.77. The van der Waals surface area contributed by atoms with Crippen molar-refractivity contribution < 1.29 is 9.09 Å². The van der Waals surface area contributed by atoms with E-state index in [9.17, 15) is 4.57 Å². The van der Waals surface area contributed by atoms with Crippen molar-refractivity contribution in [2.45, 2.75) is 26.8 Å². The molecule has 1 atom stereocenters. The summed E-state index contributed by atoms with van der Waals surface area (Å²) in [5.74, 6) is 0.649. The molecule has 1 N–H and O–H groups in total. The van der Waals surface area contributed by atoms with Crippen LogP contribution in [-0.2, 0) is 4.57 Å². The van der Waals surface area contributed by atoms with Gasteiger partial charge in [0.05, 0.1) is 0 Å². The van der Waals surface area contributed by atoms with Crippen molar-refractivity contribution in [3.8, 4) is 5.75 Å². The molecule has 0 unspecified atom stereocenters. The lowest BCUT2D eigenvalue weighted by Gasteiger charge is -2.21. The molecule has 0 radical (unpaired) electrons. The van der Waals surface area contributed by atoms with Gasteiger partial charge in [0.2, 0.25) is 0 Å². The molecule has 0 aliphatic carbocycles. The van der Waals surface area contributed by atoms with Gasteiger partial charge in [-0.05, 0) is 26.0 Å². The van der Waals surface area contributed by atoms with Gasteiger partial charge in [-0.3, -0.25) is 4.57 Å². The standard InChI is InChI=1S/C11H18NO2P/c1-4-15(13,12-10(2)3)14-11-8-6-5-7-9-11/h5-10H,4H2,1-3H3,(H,12,13)/t15-/m0/s1. The predicted molar refractivity (Wildman–Crippen MR) is 63.5 cm³/mol. The van der Waals surface area contributed by atoms with E-state index in [-0.39, 0.29) is 6.04 Å². The van der Waals surface area contributed by atoms with Crippen LogP contribution in [0.2, 0.25) is 0 Å². The Kier molecular flexibility index (Phi) is 4.37. The molecular formula is C11H18NO2P. The highest BCUT2D eigenvalue weighted by Crippen LogP contribution is 2.42. The third-order valence-corrected chi connectivity index (χ3v) is 4.12. The van der Waals surface area contributed by atoms with Crippen molar-refractivity contribution in [1.82, 2.24) is 5.09 Å². The van der Waals surface area contributed by atoms with Gasteiger partial charge >= 0.3 is 7.52 Å². The normalized spacial score (nSPS) is 14.9. The molecular weight excluding hydrogens is 209 g/mol. The van der Waals surface area contributed by atoms with Crippen molar-refractivity contribution in [1.29, 1.82) is 0 Å². The Hall–Kier alpha value is -0.790. The first-order valence-corrected chi connectivity index (χ1v) is 6.98. The molecule has 4 heteroatoms. The highest BCUT2D eigenvalue weighted by atomic mass is 31.2. The molecule has 0 saturated carbocycles. The maximum Gasteiger partial charge on any atom is 0.316 e. The Morgan fingerprint density at radius 2 is 1.93 bits per heavy atom. The smallest absolute Gasteiger partial charge is 0.316 e. The van der Waals surface area contributed by atoms with Gasteiger partial charge in [0.1, 0.15) is 5.75 Å². The minimum absolute atomic E-state index is 0.152. The Morgan fingerprint density at radius 1 is 1.33 bits per heavy atom. The van der Waals surface area contributed by atoms with Crippen LogP contribution in [0.25, 0.3) is 0 Å². The summed E-state index contributed by atoms with van der Waals surface area (Å²) in [6, 6.07) is 9.41. The molecule has 84 valence electrons. The average Bonchev–Trinajstić information content (AvgIpc) is 2.18. The van der Waals surface area contributed by atoms with Gasteiger partial charge in [-0.25, -0.2) is 5.09 Å². The minimum Gasteiger partial charge on any atom is -0.433 e. The Balaban J connectivity index is 2.73. The lowest BCUT2D eigenvalue weighted by molar-refractivity contribution is 0.460. The second-order valence-corrected chi connectivity index (χ2v) is 6.10. The highest BCUT2D eigenvalue weighted by molar-refractivity contribution is 7.57. The maximum atomic E-state index is 12.2. The minimum atomic E-state index is -2.73. The van der Waals surface area contributed by atoms with Crippen LogP contribution in [0, 0.1) is 0 Å². The summed E-state index contributed by atoms with van der Waals surface area (Å²) in [6.07, 6.45) is 0.486. The van der Waals surface area contributed by atoms with Crippen LogP contribution in [0.15, 0.2) is 30.3 Å². The average molecular weight is 227 g/mol. The van der Waals surface area contributed by atoms with Gasteiger partial charge in [-0.2, -0.15) is 0 Å². The number of nitrogens with one attached hydrogen (secondary N) is 1. The molecule has 0 aliphatic rings. The van der Waals surface area contributed by atoms with Crippen molar-refractivity contribution >= 4 is 7.52 Å². The first-order valence-electron chi connectivity index (χ1n) is 5.17. The van der Waals surface area contributed by atoms with Gasteiger partial charge in [-0.1, -0.05) is 25.1 Å². The molecule has 0 aromatic heterocycles. The van der Waals surface area contributed by atoms with E-state index in [4.69, 9.17) is 4.52 Å². The van der Waals surface area contributed by atoms with E-state index in [0.717, 1.165) is 0 Å². The molecule has 1 aromatic carbocycles. The van der Waals surface area contributed by atoms with Crippen LogP contribution in [0.5, 0.6) is 5.75 Å². The van der Waals surface area contributed by atoms with Crippen LogP contribution in [0.1, 0.15) is 20.8 Å². The molecule has 15 heavy (non-hydrogen) atoms. The third-order valence-electron chi connectivity index (χ3n) is 1.87. The maximum absolute atomic E-state index is 12.2. The van der Waals surface area contributed by atoms with Crippen LogP contribution in [0.4, 0.5) is 0 Å². The van der Waals surface area contributed by atoms with E-state index < -0.39 is 7.52 Å². The van der Waals surface area contributed by atoms with E-state index >= 15 is 0 Å². The van der Waals surface area contributed by atoms with Gasteiger partial charge in [0.15, 0.2) is 0 Å². The molecule has 0 fully saturated rings. The molecule has 0 saturated heterocycles. The summed E-state index contributed by atoms with van der Waals surface area (Å²) >= 11 is 0. The summed E-state index contributed by atoms with van der Waals surface area (Å²) in [5, 5.41) is 2.99. The molecule has 0 spiro atoms. The van der Waals surface area contributed by atoms with Crippen LogP contribution >= 0.6 is 7.52 Å². The monoisotopic (exact) mass is 227 g/mol. The zero-order valence-electron chi connectivity index (χ0n) is 9.43. The quantitative estimate of drug-likeness (QED) is 0.784. The van der Waals surface area contributed by atoms with E-state index in [1.807, 2.05) is 51.1 Å². The second kappa shape index (κ2) is 5.34. The molecule has 1 aromatic rings. The fourth-order valence-corrected chi connectivity index (χ4v) is 2.84. The van der Waals surface area contributed by atoms with E-state index in [1.54, 1.807) is 0 Å². The van der Waals surface area contributed by atoms with Gasteiger partial charge in [-0.15, -0.1) is 0 Å². The summed E-state index contributed by atoms with van der Waals surface area (Å²) in [4.78, 5) is 0. The first-order chi connectivity index (χ1) is 7.06. The van der Waals surface area contributed by atoms with Crippen LogP contribution in [0.3, 0.4) is 0 Å². The Morgan fingerprint density at radius 3 is 2.40 bits per heavy atom. The number of hydrogen-bond donors (Lipinski definition) is 1. The molecule has 0 bridgehead atoms. The predicted octanol–water partition coefficient (Wildman–Crippen LogP) is 3.28. The lowest BCUT2D eigenvalue weighted by Crippen LogP contribution is -2.23. The van der Waals surface area contributed by atoms with E-state index in [0.29, 0.717) is 11.9 Å². The Labute approximate surface area is 91.4 Å². The van der Waals surface area contributed by atoms with Crippen molar-refractivity contribution in [3.05, 3.63) is 30.3 Å². The molecule has 0 heterocycles. The van der Waals surface area contributed by atoms with Crippen molar-refractivity contribution in [2.75, 3.05) is 6.16 Å². The Bertz CT molecular complexity index is 338. The lowest BCUT2D eigenvalue weighted by atomic mass is 10.3. The summed E-state index contributed by atoms with van der Waals surface area (Å²) in [5.41, 5.74) is 0. The molecule has 3 nitrogen and oxygen atoms in total. The van der Waals surface area contributed by atoms with Crippen LogP contribution < -0.4 is 9.61 Å². The SMILES string of the molecule is CC[P@@](=O)(NC(C)C)Oc1ccccc1. The van der Waals surface area contributed by atoms with Crippen LogP contribution in [-0.4, -0.2) is 12.2 Å². The fraction of sp³-hybridized carbons (Fsp3) is 0.455. The van der Waals surface area contributed by atoms with Crippen molar-refractivity contribution in [3.63, 3.8) is 0 Å². The largest absolute Gasteiger partial charge is 0.433 e. The fourth-order valence-electron chi connectivity index (χ4n) is 1.23. The second-order valence-electron chi connectivity index (χ2n) is 3.68. The highest BCUT2D eigenvalue weighted by Gasteiger charge is 2.22. The number of rotatable bonds is 5. The van der Waals surface area contributed by atoms with E-state index in [2.05, 4.69) is 5.09 Å². The zero-order valence-corrected chi connectivity index (χ0v) is 10.3. The third kappa shape index (κ3) is 4.06. The molecule has 0 amide bonds. The zero-order chi connectivity index (χ0) is 11.3. The van der Waals surface area contributed by atoms with E-state index in [1.165, 1.54) is 0 Å². The van der Waals surface area contributed by atoms with Gasteiger partial charge in [0, 0.05) is 12.2 Å². The van der Waals surface area contributed by atoms with Gasteiger partial charge in [0.25, 0.3) is 0 Å². The molecule has 0 aliphatic heterocycles.